The zero-order valence-electron chi connectivity index (χ0n) is 9.04. The van der Waals surface area contributed by atoms with Crippen LogP contribution in [0.4, 0.5) is 0 Å². The van der Waals surface area contributed by atoms with Crippen LogP contribution in [0.25, 0.3) is 0 Å². The third-order valence-corrected chi connectivity index (χ3v) is 1.68. The van der Waals surface area contributed by atoms with Crippen LogP contribution in [0, 0.1) is 17.3 Å². The number of hydrogen-bond acceptors (Lipinski definition) is 2. The van der Waals surface area contributed by atoms with E-state index in [1.54, 1.807) is 12.4 Å². The lowest BCUT2D eigenvalue weighted by Gasteiger charge is -2.12. The van der Waals surface area contributed by atoms with Gasteiger partial charge in [-0.1, -0.05) is 26.7 Å². The Balaban J connectivity index is 2.41. The van der Waals surface area contributed by atoms with Crippen molar-refractivity contribution < 1.29 is 0 Å². The largest absolute Gasteiger partial charge is 0.159 e. The number of rotatable bonds is 1. The summed E-state index contributed by atoms with van der Waals surface area (Å²) in [5.41, 5.74) is 1.42. The van der Waals surface area contributed by atoms with Crippen molar-refractivity contribution in [1.29, 1.82) is 0 Å². The topological polar surface area (TPSA) is 25.8 Å². The molecule has 0 aliphatic carbocycles. The summed E-state index contributed by atoms with van der Waals surface area (Å²) in [5, 5.41) is 7.51. The van der Waals surface area contributed by atoms with Crippen LogP contribution in [0.2, 0.25) is 0 Å². The van der Waals surface area contributed by atoms with Crippen molar-refractivity contribution in [2.45, 2.75) is 33.6 Å². The summed E-state index contributed by atoms with van der Waals surface area (Å²) >= 11 is 0. The van der Waals surface area contributed by atoms with Gasteiger partial charge in [0.1, 0.15) is 0 Å². The highest BCUT2D eigenvalue weighted by atomic mass is 15.1. The first kappa shape index (κ1) is 10.7. The van der Waals surface area contributed by atoms with E-state index in [1.165, 1.54) is 0 Å². The van der Waals surface area contributed by atoms with Crippen molar-refractivity contribution in [3.05, 3.63) is 24.0 Å². The van der Waals surface area contributed by atoms with Gasteiger partial charge in [0.2, 0.25) is 0 Å². The molecule has 0 aliphatic heterocycles. The molecule has 2 heteroatoms. The van der Waals surface area contributed by atoms with Gasteiger partial charge in [-0.15, -0.1) is 5.92 Å². The smallest absolute Gasteiger partial charge is 0.0537 e. The number of aromatic nitrogens is 2. The average Bonchev–Trinajstić information content (AvgIpc) is 2.13. The van der Waals surface area contributed by atoms with E-state index in [2.05, 4.69) is 42.8 Å². The second-order valence-corrected chi connectivity index (χ2v) is 4.52. The Kier molecular flexibility index (Phi) is 3.64. The molecule has 74 valence electrons. The minimum atomic E-state index is 0.295. The lowest BCUT2D eigenvalue weighted by molar-refractivity contribution is 0.428. The fourth-order valence-electron chi connectivity index (χ4n) is 0.915. The molecule has 0 aliphatic rings. The van der Waals surface area contributed by atoms with Crippen LogP contribution < -0.4 is 0 Å². The second-order valence-electron chi connectivity index (χ2n) is 4.52. The molecule has 0 radical (unpaired) electrons. The van der Waals surface area contributed by atoms with Gasteiger partial charge in [-0.05, 0) is 17.0 Å². The number of nitrogens with zero attached hydrogens (tertiary/aromatic N) is 2. The first-order valence-electron chi connectivity index (χ1n) is 4.79. The first-order valence-corrected chi connectivity index (χ1v) is 4.79. The van der Waals surface area contributed by atoms with Crippen LogP contribution >= 0.6 is 0 Å². The summed E-state index contributed by atoms with van der Waals surface area (Å²) in [5.74, 6) is 6.32. The van der Waals surface area contributed by atoms with Crippen LogP contribution in [0.3, 0.4) is 0 Å². The molecule has 0 fully saturated rings. The maximum Gasteiger partial charge on any atom is 0.0537 e. The predicted octanol–water partition coefficient (Wildman–Crippen LogP) is 2.46. The van der Waals surface area contributed by atoms with Crippen molar-refractivity contribution >= 4 is 0 Å². The van der Waals surface area contributed by atoms with Gasteiger partial charge in [0.15, 0.2) is 0 Å². The van der Waals surface area contributed by atoms with E-state index in [9.17, 15) is 0 Å². The Bertz CT molecular complexity index is 325. The summed E-state index contributed by atoms with van der Waals surface area (Å²) in [6.45, 7) is 6.57. The lowest BCUT2D eigenvalue weighted by Crippen LogP contribution is -2.02. The highest BCUT2D eigenvalue weighted by molar-refractivity contribution is 5.15. The zero-order valence-corrected chi connectivity index (χ0v) is 9.04. The van der Waals surface area contributed by atoms with Crippen molar-refractivity contribution in [1.82, 2.24) is 10.2 Å². The van der Waals surface area contributed by atoms with E-state index in [0.29, 0.717) is 5.41 Å². The molecule has 0 amide bonds. The molecule has 0 aromatic carbocycles. The maximum absolute atomic E-state index is 3.79. The van der Waals surface area contributed by atoms with Crippen LogP contribution in [0.1, 0.15) is 32.8 Å². The van der Waals surface area contributed by atoms with Gasteiger partial charge in [-0.3, -0.25) is 0 Å². The molecule has 1 aromatic rings. The lowest BCUT2D eigenvalue weighted by atomic mass is 9.93. The summed E-state index contributed by atoms with van der Waals surface area (Å²) in [7, 11) is 0. The first-order chi connectivity index (χ1) is 6.58. The standard InChI is InChI=1S/C12H16N2/c1-12(2,3)8-5-4-6-11-7-9-13-14-10-11/h7,9-10H,6,8H2,1-3H3. The molecule has 0 unspecified atom stereocenters. The van der Waals surface area contributed by atoms with Gasteiger partial charge in [-0.25, -0.2) is 0 Å². The summed E-state index contributed by atoms with van der Waals surface area (Å²) in [4.78, 5) is 0. The molecular formula is C12H16N2. The third-order valence-electron chi connectivity index (χ3n) is 1.68. The van der Waals surface area contributed by atoms with E-state index < -0.39 is 0 Å². The molecule has 1 aromatic heterocycles. The van der Waals surface area contributed by atoms with Crippen LogP contribution in [0.15, 0.2) is 18.5 Å². The quantitative estimate of drug-likeness (QED) is 0.633. The minimum Gasteiger partial charge on any atom is -0.159 e. The summed E-state index contributed by atoms with van der Waals surface area (Å²) in [6, 6.07) is 1.94. The Labute approximate surface area is 85.8 Å². The Morgan fingerprint density at radius 2 is 2.00 bits per heavy atom. The molecule has 1 rings (SSSR count). The van der Waals surface area contributed by atoms with Crippen molar-refractivity contribution in [2.24, 2.45) is 5.41 Å². The molecule has 0 spiro atoms. The van der Waals surface area contributed by atoms with Crippen LogP contribution in [-0.2, 0) is 6.42 Å². The van der Waals surface area contributed by atoms with Gasteiger partial charge >= 0.3 is 0 Å². The van der Waals surface area contributed by atoms with Gasteiger partial charge in [0.25, 0.3) is 0 Å². The van der Waals surface area contributed by atoms with Crippen molar-refractivity contribution in [3.63, 3.8) is 0 Å². The highest BCUT2D eigenvalue weighted by Crippen LogP contribution is 2.16. The van der Waals surface area contributed by atoms with E-state index in [-0.39, 0.29) is 0 Å². The van der Waals surface area contributed by atoms with Crippen molar-refractivity contribution in [2.75, 3.05) is 0 Å². The predicted molar refractivity (Wildman–Crippen MR) is 57.6 cm³/mol. The monoisotopic (exact) mass is 188 g/mol. The van der Waals surface area contributed by atoms with E-state index in [1.807, 2.05) is 6.07 Å². The molecule has 1 heterocycles. The maximum atomic E-state index is 3.79. The Morgan fingerprint density at radius 3 is 2.57 bits per heavy atom. The van der Waals surface area contributed by atoms with Gasteiger partial charge in [-0.2, -0.15) is 10.2 Å². The summed E-state index contributed by atoms with van der Waals surface area (Å²) in [6.07, 6.45) is 5.16. The van der Waals surface area contributed by atoms with E-state index in [0.717, 1.165) is 18.4 Å². The molecule has 0 saturated carbocycles. The van der Waals surface area contributed by atoms with Gasteiger partial charge in [0, 0.05) is 19.0 Å². The Hall–Kier alpha value is -1.36. The molecule has 0 bridgehead atoms. The highest BCUT2D eigenvalue weighted by Gasteiger charge is 2.06. The normalized spacial score (nSPS) is 10.5. The Morgan fingerprint density at radius 1 is 1.21 bits per heavy atom. The van der Waals surface area contributed by atoms with E-state index in [4.69, 9.17) is 0 Å². The van der Waals surface area contributed by atoms with E-state index >= 15 is 0 Å². The fourth-order valence-corrected chi connectivity index (χ4v) is 0.915. The van der Waals surface area contributed by atoms with Crippen LogP contribution in [-0.4, -0.2) is 10.2 Å². The zero-order chi connectivity index (χ0) is 10.4. The average molecular weight is 188 g/mol. The van der Waals surface area contributed by atoms with Gasteiger partial charge < -0.3 is 0 Å². The van der Waals surface area contributed by atoms with Crippen LogP contribution in [0.5, 0.6) is 0 Å². The van der Waals surface area contributed by atoms with Crippen molar-refractivity contribution in [3.8, 4) is 11.8 Å². The molecule has 14 heavy (non-hydrogen) atoms. The second kappa shape index (κ2) is 4.76. The third kappa shape index (κ3) is 4.61. The molecule has 0 atom stereocenters. The minimum absolute atomic E-state index is 0.295. The molecule has 0 saturated heterocycles. The molecular weight excluding hydrogens is 172 g/mol. The SMILES string of the molecule is CC(C)(C)CC#CCc1ccnnc1. The molecule has 0 N–H and O–H groups in total. The number of hydrogen-bond donors (Lipinski definition) is 0. The summed E-state index contributed by atoms with van der Waals surface area (Å²) < 4.78 is 0. The fraction of sp³-hybridized carbons (Fsp3) is 0.500. The van der Waals surface area contributed by atoms with Gasteiger partial charge in [0.05, 0.1) is 6.20 Å². The molecule has 2 nitrogen and oxygen atoms in total.